The van der Waals surface area contributed by atoms with E-state index in [1.54, 1.807) is 11.3 Å². The molecule has 3 heteroatoms. The summed E-state index contributed by atoms with van der Waals surface area (Å²) in [4.78, 5) is 6.77. The van der Waals surface area contributed by atoms with E-state index in [4.69, 9.17) is 5.73 Å². The molecule has 0 aliphatic heterocycles. The molecule has 1 aromatic carbocycles. The number of nitrogens with zero attached hydrogens (tertiary/aromatic N) is 1. The van der Waals surface area contributed by atoms with Gasteiger partial charge in [0.25, 0.3) is 0 Å². The molecule has 0 amide bonds. The number of fused-ring (bicyclic) bond motifs is 1. The van der Waals surface area contributed by atoms with Gasteiger partial charge in [-0.15, -0.1) is 11.3 Å². The van der Waals surface area contributed by atoms with Gasteiger partial charge in [0.15, 0.2) is 0 Å². The fraction of sp³-hybridized carbons (Fsp3) is 0.188. The van der Waals surface area contributed by atoms with Crippen molar-refractivity contribution in [3.05, 3.63) is 64.1 Å². The molecule has 0 saturated carbocycles. The lowest BCUT2D eigenvalue weighted by Gasteiger charge is -2.13. The minimum Gasteiger partial charge on any atom is -0.320 e. The van der Waals surface area contributed by atoms with Crippen LogP contribution in [0.25, 0.3) is 10.8 Å². The second-order valence-electron chi connectivity index (χ2n) is 4.58. The van der Waals surface area contributed by atoms with E-state index in [0.29, 0.717) is 0 Å². The average Bonchev–Trinajstić information content (AvgIpc) is 2.95. The summed E-state index contributed by atoms with van der Waals surface area (Å²) in [6, 6.07) is 12.5. The van der Waals surface area contributed by atoms with Crippen LogP contribution >= 0.6 is 11.3 Å². The first-order valence-electron chi connectivity index (χ1n) is 6.46. The van der Waals surface area contributed by atoms with E-state index in [1.807, 2.05) is 24.5 Å². The van der Waals surface area contributed by atoms with Gasteiger partial charge in [0.2, 0.25) is 0 Å². The van der Waals surface area contributed by atoms with Crippen molar-refractivity contribution < 1.29 is 0 Å². The van der Waals surface area contributed by atoms with Crippen LogP contribution in [0, 0.1) is 0 Å². The molecule has 0 aliphatic carbocycles. The van der Waals surface area contributed by atoms with Crippen molar-refractivity contribution in [1.82, 2.24) is 4.98 Å². The van der Waals surface area contributed by atoms with Crippen LogP contribution in [0.15, 0.2) is 48.8 Å². The van der Waals surface area contributed by atoms with E-state index in [0.717, 1.165) is 11.8 Å². The highest BCUT2D eigenvalue weighted by Crippen LogP contribution is 2.30. The molecule has 0 aliphatic rings. The van der Waals surface area contributed by atoms with E-state index >= 15 is 0 Å². The Hall–Kier alpha value is -1.71. The molecule has 1 atom stereocenters. The van der Waals surface area contributed by atoms with E-state index in [1.165, 1.54) is 20.7 Å². The van der Waals surface area contributed by atoms with Crippen molar-refractivity contribution in [2.75, 3.05) is 0 Å². The SMILES string of the molecule is CCc1ccc(C(N)c2cccc3cnccc23)s1. The van der Waals surface area contributed by atoms with Crippen LogP contribution in [-0.2, 0) is 6.42 Å². The molecule has 0 spiro atoms. The number of thiophene rings is 1. The number of rotatable bonds is 3. The molecule has 0 fully saturated rings. The highest BCUT2D eigenvalue weighted by Gasteiger charge is 2.13. The fourth-order valence-corrected chi connectivity index (χ4v) is 3.30. The number of pyridine rings is 1. The Balaban J connectivity index is 2.08. The maximum atomic E-state index is 6.44. The number of aryl methyl sites for hydroxylation is 1. The van der Waals surface area contributed by atoms with E-state index in [9.17, 15) is 0 Å². The second kappa shape index (κ2) is 5.11. The number of benzene rings is 1. The summed E-state index contributed by atoms with van der Waals surface area (Å²) in [5, 5.41) is 2.33. The van der Waals surface area contributed by atoms with Crippen LogP contribution in [0.5, 0.6) is 0 Å². The van der Waals surface area contributed by atoms with Gasteiger partial charge in [-0.2, -0.15) is 0 Å². The minimum absolute atomic E-state index is 0.0589. The molecule has 0 saturated heterocycles. The molecule has 1 unspecified atom stereocenters. The van der Waals surface area contributed by atoms with Crippen LogP contribution < -0.4 is 5.73 Å². The molecule has 0 bridgehead atoms. The Kier molecular flexibility index (Phi) is 3.32. The second-order valence-corrected chi connectivity index (χ2v) is 5.78. The lowest BCUT2D eigenvalue weighted by molar-refractivity contribution is 0.903. The first-order valence-corrected chi connectivity index (χ1v) is 7.28. The first-order chi connectivity index (χ1) is 9.29. The van der Waals surface area contributed by atoms with Gasteiger partial charge in [-0.25, -0.2) is 0 Å². The topological polar surface area (TPSA) is 38.9 Å². The van der Waals surface area contributed by atoms with Gasteiger partial charge in [0, 0.05) is 27.5 Å². The molecule has 96 valence electrons. The Morgan fingerprint density at radius 1 is 1.21 bits per heavy atom. The molecular formula is C16H16N2S. The van der Waals surface area contributed by atoms with E-state index in [-0.39, 0.29) is 6.04 Å². The van der Waals surface area contributed by atoms with E-state index in [2.05, 4.69) is 36.2 Å². The lowest BCUT2D eigenvalue weighted by atomic mass is 10.00. The van der Waals surface area contributed by atoms with Gasteiger partial charge < -0.3 is 5.73 Å². The van der Waals surface area contributed by atoms with Crippen LogP contribution in [0.4, 0.5) is 0 Å². The Morgan fingerprint density at radius 3 is 2.89 bits per heavy atom. The summed E-state index contributed by atoms with van der Waals surface area (Å²) in [5.74, 6) is 0. The zero-order valence-electron chi connectivity index (χ0n) is 10.8. The molecule has 3 aromatic rings. The number of hydrogen-bond acceptors (Lipinski definition) is 3. The average molecular weight is 268 g/mol. The van der Waals surface area contributed by atoms with Gasteiger partial charge in [-0.05, 0) is 35.6 Å². The molecule has 19 heavy (non-hydrogen) atoms. The predicted octanol–water partition coefficient (Wildman–Crippen LogP) is 3.91. The molecule has 2 aromatic heterocycles. The quantitative estimate of drug-likeness (QED) is 0.782. The van der Waals surface area contributed by atoms with Crippen LogP contribution in [0.1, 0.15) is 28.3 Å². The predicted molar refractivity (Wildman–Crippen MR) is 81.5 cm³/mol. The van der Waals surface area contributed by atoms with Gasteiger partial charge in [0.1, 0.15) is 0 Å². The summed E-state index contributed by atoms with van der Waals surface area (Å²) >= 11 is 1.80. The normalized spacial score (nSPS) is 12.7. The summed E-state index contributed by atoms with van der Waals surface area (Å²) in [7, 11) is 0. The summed E-state index contributed by atoms with van der Waals surface area (Å²) in [6.07, 6.45) is 4.78. The van der Waals surface area contributed by atoms with Crippen molar-refractivity contribution in [2.24, 2.45) is 5.73 Å². The molecule has 0 radical (unpaired) electrons. The van der Waals surface area contributed by atoms with Gasteiger partial charge in [-0.3, -0.25) is 4.98 Å². The van der Waals surface area contributed by atoms with Crippen LogP contribution in [0.3, 0.4) is 0 Å². The first kappa shape index (κ1) is 12.3. The minimum atomic E-state index is -0.0589. The van der Waals surface area contributed by atoms with E-state index < -0.39 is 0 Å². The monoisotopic (exact) mass is 268 g/mol. The van der Waals surface area contributed by atoms with Crippen LogP contribution in [-0.4, -0.2) is 4.98 Å². The third-order valence-electron chi connectivity index (χ3n) is 3.39. The number of aromatic nitrogens is 1. The Morgan fingerprint density at radius 2 is 2.11 bits per heavy atom. The van der Waals surface area contributed by atoms with Gasteiger partial charge in [-0.1, -0.05) is 25.1 Å². The molecule has 2 heterocycles. The molecule has 3 rings (SSSR count). The molecule has 2 nitrogen and oxygen atoms in total. The lowest BCUT2D eigenvalue weighted by Crippen LogP contribution is -2.10. The molecule has 2 N–H and O–H groups in total. The van der Waals surface area contributed by atoms with Crippen LogP contribution in [0.2, 0.25) is 0 Å². The third-order valence-corrected chi connectivity index (χ3v) is 4.70. The fourth-order valence-electron chi connectivity index (χ4n) is 2.32. The van der Waals surface area contributed by atoms with Crippen molar-refractivity contribution in [3.63, 3.8) is 0 Å². The van der Waals surface area contributed by atoms with Crippen molar-refractivity contribution in [1.29, 1.82) is 0 Å². The number of hydrogen-bond donors (Lipinski definition) is 1. The van der Waals surface area contributed by atoms with Crippen molar-refractivity contribution in [3.8, 4) is 0 Å². The largest absolute Gasteiger partial charge is 0.320 e. The van der Waals surface area contributed by atoms with Crippen molar-refractivity contribution >= 4 is 22.1 Å². The zero-order valence-corrected chi connectivity index (χ0v) is 11.7. The van der Waals surface area contributed by atoms with Gasteiger partial charge >= 0.3 is 0 Å². The third kappa shape index (κ3) is 2.27. The summed E-state index contributed by atoms with van der Waals surface area (Å²) < 4.78 is 0. The Bertz CT molecular complexity index is 697. The smallest absolute Gasteiger partial charge is 0.0652 e. The standard InChI is InChI=1S/C16H16N2S/c1-2-12-6-7-15(19-12)16(17)14-5-3-4-11-10-18-9-8-13(11)14/h3-10,16H,2,17H2,1H3. The zero-order chi connectivity index (χ0) is 13.2. The maximum absolute atomic E-state index is 6.44. The number of nitrogens with two attached hydrogens (primary N) is 1. The summed E-state index contributed by atoms with van der Waals surface area (Å²) in [6.45, 7) is 2.17. The van der Waals surface area contributed by atoms with Gasteiger partial charge in [0.05, 0.1) is 6.04 Å². The van der Waals surface area contributed by atoms with Crippen molar-refractivity contribution in [2.45, 2.75) is 19.4 Å². The highest BCUT2D eigenvalue weighted by atomic mass is 32.1. The Labute approximate surface area is 116 Å². The maximum Gasteiger partial charge on any atom is 0.0652 e. The summed E-state index contributed by atoms with van der Waals surface area (Å²) in [5.41, 5.74) is 7.61. The highest BCUT2D eigenvalue weighted by molar-refractivity contribution is 7.12. The molecular weight excluding hydrogens is 252 g/mol.